The van der Waals surface area contributed by atoms with Gasteiger partial charge in [-0.15, -0.1) is -0.460 Å². The molecule has 0 saturated heterocycles. The molecule has 0 aliphatic carbocycles. The second-order valence-electron chi connectivity index (χ2n) is 0.192. The smallest absolute Gasteiger partial charge is 0.0420 e. The van der Waals surface area contributed by atoms with Crippen molar-refractivity contribution in [1.82, 2.24) is -0.460 Å². The van der Waals surface area contributed by atoms with Crippen molar-refractivity contribution in [1.29, 1.82) is 0 Å². The van der Waals surface area contributed by atoms with Gasteiger partial charge in [0.2, 0.25) is 0 Å². The van der Waals surface area contributed by atoms with E-state index in [4.69, 9.17) is 0 Å². The first kappa shape index (κ1) is 6.15. The highest BCUT2D eigenvalue weighted by Gasteiger charge is 1.69. The Morgan fingerprint density at radius 2 is 1.00 bits per heavy atom. The summed E-state index contributed by atoms with van der Waals surface area (Å²) < 4.78 is 1.91. The first-order valence-corrected chi connectivity index (χ1v) is 3.40. The van der Waals surface area contributed by atoms with E-state index in [0.717, 1.165) is 0 Å². The van der Waals surface area contributed by atoms with Crippen LogP contribution in [0.5, 0.6) is 0 Å². The number of nitrogens with zero attached hydrogens (tertiary/aromatic N) is 1. The van der Waals surface area contributed by atoms with Crippen LogP contribution in [0.1, 0.15) is 0 Å². The first-order chi connectivity index (χ1) is 1.73. The van der Waals surface area contributed by atoms with Crippen LogP contribution in [0.25, 0.3) is 0 Å². The van der Waals surface area contributed by atoms with Gasteiger partial charge in [0.1, 0.15) is 0 Å². The molecule has 0 atom stereocenters. The summed E-state index contributed by atoms with van der Waals surface area (Å²) in [6.07, 6.45) is 0. The first-order valence-electron chi connectivity index (χ1n) is 0.507. The van der Waals surface area contributed by atoms with Crippen LogP contribution < -0.4 is 0 Å². The van der Waals surface area contributed by atoms with E-state index < -0.39 is 0 Å². The Balaban J connectivity index is 2.32. The van der Waals surface area contributed by atoms with Gasteiger partial charge in [-0.05, 0) is 0 Å². The predicted octanol–water partition coefficient (Wildman–Crippen LogP) is 2.34. The van der Waals surface area contributed by atoms with E-state index in [-0.39, 0.29) is 0 Å². The average molecular weight is 395 g/mol. The molecule has 0 fully saturated rings. The molecule has 0 aliphatic heterocycles. The molecule has 0 spiro atoms. The van der Waals surface area contributed by atoms with Gasteiger partial charge in [-0.3, -0.25) is 0 Å². The lowest BCUT2D eigenvalue weighted by molar-refractivity contribution is 1.60. The summed E-state index contributed by atoms with van der Waals surface area (Å²) in [6.45, 7) is 0. The van der Waals surface area contributed by atoms with Crippen LogP contribution in [0.2, 0.25) is 0 Å². The van der Waals surface area contributed by atoms with Crippen LogP contribution >= 0.6 is 68.6 Å². The average Bonchev–Trinajstić information content (AvgIpc) is 0.811. The van der Waals surface area contributed by atoms with Gasteiger partial charge in [0.25, 0.3) is 0 Å². The lowest BCUT2D eigenvalue weighted by Gasteiger charge is -1.78. The summed E-state index contributed by atoms with van der Waals surface area (Å²) in [6, 6.07) is 0. The Morgan fingerprint density at radius 1 is 1.00 bits per heavy atom. The predicted molar refractivity (Wildman–Crippen MR) is 43.9 cm³/mol. The molecule has 4 heteroatoms. The normalized spacial score (nSPS) is 9.00. The molecule has 26 valence electrons. The fraction of sp³-hybridized carbons (Fsp3) is 0. The SMILES string of the molecule is IN(I)I. The standard InChI is InChI=1S/I3N/c1-4(2)3. The second-order valence-corrected chi connectivity index (χ2v) is 8.62. The number of halogens is 3. The molecule has 0 aliphatic rings. The molecule has 1 nitrogen and oxygen atoms in total. The van der Waals surface area contributed by atoms with Gasteiger partial charge in [-0.2, -0.15) is 0 Å². The Bertz CT molecular complexity index is 8.00. The largest absolute Gasteiger partial charge is 0.126 e. The molecule has 0 N–H and O–H groups in total. The van der Waals surface area contributed by atoms with E-state index in [9.17, 15) is 0 Å². The van der Waals surface area contributed by atoms with Crippen molar-refractivity contribution in [3.05, 3.63) is 0 Å². The van der Waals surface area contributed by atoms with Gasteiger partial charge in [-0.25, -0.2) is 0 Å². The molecule has 0 rings (SSSR count). The third kappa shape index (κ3) is 8.91. The molecule has 4 heavy (non-hydrogen) atoms. The lowest BCUT2D eigenvalue weighted by atomic mass is 14.0. The zero-order valence-corrected chi connectivity index (χ0v) is 8.05. The van der Waals surface area contributed by atoms with Gasteiger partial charge >= 0.3 is 0 Å². The monoisotopic (exact) mass is 395 g/mol. The number of hydrogen-bond acceptors (Lipinski definition) is 1. The Kier molecular flexibility index (Phi) is 5.14. The molecule has 0 aromatic heterocycles. The molecular formula is I3N. The molecule has 0 radical (unpaired) electrons. The fourth-order valence-corrected chi connectivity index (χ4v) is 0. The third-order valence-corrected chi connectivity index (χ3v) is 0. The van der Waals surface area contributed by atoms with Crippen molar-refractivity contribution >= 4 is 68.6 Å². The minimum atomic E-state index is 1.91. The Labute approximate surface area is 67.0 Å². The highest BCUT2D eigenvalue weighted by molar-refractivity contribution is 14.3. The van der Waals surface area contributed by atoms with Crippen molar-refractivity contribution in [2.75, 3.05) is 0 Å². The molecule has 0 aromatic carbocycles. The van der Waals surface area contributed by atoms with Crippen molar-refractivity contribution in [3.8, 4) is 0 Å². The van der Waals surface area contributed by atoms with Gasteiger partial charge in [-0.1, -0.05) is 0 Å². The lowest BCUT2D eigenvalue weighted by Crippen LogP contribution is -1.55. The summed E-state index contributed by atoms with van der Waals surface area (Å²) in [7, 11) is 0. The summed E-state index contributed by atoms with van der Waals surface area (Å²) >= 11 is 6.45. The van der Waals surface area contributed by atoms with Gasteiger partial charge in [0.15, 0.2) is 0 Å². The zero-order valence-electron chi connectivity index (χ0n) is 1.58. The zero-order chi connectivity index (χ0) is 3.58. The topological polar surface area (TPSA) is 3.24 Å². The van der Waals surface area contributed by atoms with Crippen molar-refractivity contribution in [2.24, 2.45) is 0 Å². The summed E-state index contributed by atoms with van der Waals surface area (Å²) in [4.78, 5) is 0. The van der Waals surface area contributed by atoms with Crippen LogP contribution in [-0.4, -0.2) is -0.460 Å². The maximum atomic E-state index is 2.15. The van der Waals surface area contributed by atoms with Gasteiger partial charge in [0, 0.05) is 68.6 Å². The van der Waals surface area contributed by atoms with Crippen LogP contribution in [0.3, 0.4) is 0 Å². The molecule has 0 aromatic rings. The van der Waals surface area contributed by atoms with Gasteiger partial charge < -0.3 is 0 Å². The van der Waals surface area contributed by atoms with Crippen molar-refractivity contribution < 1.29 is 0 Å². The summed E-state index contributed by atoms with van der Waals surface area (Å²) in [5.41, 5.74) is 0. The van der Waals surface area contributed by atoms with Crippen LogP contribution in [0, 0.1) is 0 Å². The maximum Gasteiger partial charge on any atom is 0.0420 e. The fourth-order valence-electron chi connectivity index (χ4n) is 0. The Hall–Kier alpha value is 2.15. The van der Waals surface area contributed by atoms with Gasteiger partial charge in [0.05, 0.1) is 0 Å². The van der Waals surface area contributed by atoms with Crippen LogP contribution in [0.4, 0.5) is 0 Å². The van der Waals surface area contributed by atoms with Crippen molar-refractivity contribution in [3.63, 3.8) is 0 Å². The van der Waals surface area contributed by atoms with Crippen molar-refractivity contribution in [2.45, 2.75) is 0 Å². The Morgan fingerprint density at radius 3 is 1.00 bits per heavy atom. The molecule has 0 heterocycles. The van der Waals surface area contributed by atoms with Crippen LogP contribution in [-0.2, 0) is 0 Å². The molecule has 0 unspecified atom stereocenters. The third-order valence-electron chi connectivity index (χ3n) is 0. The van der Waals surface area contributed by atoms with E-state index >= 15 is 0 Å². The highest BCUT2D eigenvalue weighted by Crippen LogP contribution is 2.12. The second kappa shape index (κ2) is 3.34. The maximum absolute atomic E-state index is 2.15. The highest BCUT2D eigenvalue weighted by atomic mass is 127. The molecule has 0 amide bonds. The van der Waals surface area contributed by atoms with E-state index in [2.05, 4.69) is 68.6 Å². The molecular weight excluding hydrogens is 395 g/mol. The van der Waals surface area contributed by atoms with E-state index in [1.54, 1.807) is 0 Å². The number of hydrogen-bond donors (Lipinski definition) is 0. The summed E-state index contributed by atoms with van der Waals surface area (Å²) in [5.74, 6) is 0. The van der Waals surface area contributed by atoms with Crippen LogP contribution in [0.15, 0.2) is 0 Å². The van der Waals surface area contributed by atoms with E-state index in [1.165, 1.54) is 0 Å². The molecule has 0 bridgehead atoms. The number of rotatable bonds is 0. The van der Waals surface area contributed by atoms with E-state index in [0.29, 0.717) is 0 Å². The summed E-state index contributed by atoms with van der Waals surface area (Å²) in [5, 5.41) is 0. The molecule has 0 saturated carbocycles. The minimum Gasteiger partial charge on any atom is -0.126 e. The van der Waals surface area contributed by atoms with E-state index in [1.807, 2.05) is -0.460 Å². The quantitative estimate of drug-likeness (QED) is 0.450. The minimum absolute atomic E-state index is 1.91.